The Hall–Kier alpha value is -0.170. The highest BCUT2D eigenvalue weighted by Crippen LogP contribution is 2.29. The number of amides is 1. The summed E-state index contributed by atoms with van der Waals surface area (Å²) in [4.78, 5) is 14.2. The van der Waals surface area contributed by atoms with Gasteiger partial charge in [0.25, 0.3) is 5.91 Å². The molecule has 1 aliphatic rings. The second kappa shape index (κ2) is 5.65. The molecule has 1 aromatic carbocycles. The zero-order valence-electron chi connectivity index (χ0n) is 9.13. The molecule has 92 valence electrons. The van der Waals surface area contributed by atoms with Gasteiger partial charge < -0.3 is 4.90 Å². The fraction of sp³-hybridized carbons (Fsp3) is 0.417. The molecule has 5 heteroatoms. The number of carbonyl (C=O) groups is 1. The van der Waals surface area contributed by atoms with Crippen molar-refractivity contribution in [3.8, 4) is 0 Å². The molecule has 0 aliphatic heterocycles. The second-order valence-electron chi connectivity index (χ2n) is 4.04. The van der Waals surface area contributed by atoms with Gasteiger partial charge in [0.15, 0.2) is 0 Å². The minimum atomic E-state index is -0.301. The van der Waals surface area contributed by atoms with E-state index in [0.717, 1.165) is 18.2 Å². The van der Waals surface area contributed by atoms with Crippen LogP contribution in [0, 0.1) is 9.39 Å². The molecule has 1 aliphatic carbocycles. The Balaban J connectivity index is 2.22. The zero-order valence-corrected chi connectivity index (χ0v) is 12.9. The Morgan fingerprint density at radius 1 is 1.53 bits per heavy atom. The van der Waals surface area contributed by atoms with E-state index in [4.69, 9.17) is 0 Å². The maximum Gasteiger partial charge on any atom is 0.255 e. The van der Waals surface area contributed by atoms with E-state index >= 15 is 0 Å². The van der Waals surface area contributed by atoms with Gasteiger partial charge in [-0.3, -0.25) is 4.79 Å². The molecule has 0 radical (unpaired) electrons. The first-order valence-electron chi connectivity index (χ1n) is 5.45. The molecule has 0 heterocycles. The Bertz CT molecular complexity index is 437. The number of alkyl halides is 1. The highest BCUT2D eigenvalue weighted by molar-refractivity contribution is 14.1. The summed E-state index contributed by atoms with van der Waals surface area (Å²) >= 11 is 5.37. The molecule has 2 nitrogen and oxygen atoms in total. The first kappa shape index (κ1) is 13.3. The maximum absolute atomic E-state index is 13.0. The fourth-order valence-electron chi connectivity index (χ4n) is 1.74. The zero-order chi connectivity index (χ0) is 12.4. The van der Waals surface area contributed by atoms with Gasteiger partial charge in [0.2, 0.25) is 0 Å². The number of halogens is 3. The minimum Gasteiger partial charge on any atom is -0.335 e. The van der Waals surface area contributed by atoms with Crippen molar-refractivity contribution in [3.63, 3.8) is 0 Å². The van der Waals surface area contributed by atoms with Crippen LogP contribution in [0.25, 0.3) is 0 Å². The molecule has 0 aromatic heterocycles. The molecular formula is C12H12BrFINO. The molecule has 1 amide bonds. The second-order valence-corrected chi connectivity index (χ2v) is 6.00. The highest BCUT2D eigenvalue weighted by atomic mass is 127. The van der Waals surface area contributed by atoms with Crippen LogP contribution in [0.5, 0.6) is 0 Å². The number of carbonyl (C=O) groups excluding carboxylic acids is 1. The van der Waals surface area contributed by atoms with Crippen LogP contribution in [-0.2, 0) is 0 Å². The average Bonchev–Trinajstić information content (AvgIpc) is 3.09. The quantitative estimate of drug-likeness (QED) is 0.549. The van der Waals surface area contributed by atoms with Crippen LogP contribution < -0.4 is 0 Å². The van der Waals surface area contributed by atoms with Crippen molar-refractivity contribution in [2.45, 2.75) is 18.9 Å². The first-order valence-corrected chi connectivity index (χ1v) is 7.65. The van der Waals surface area contributed by atoms with Crippen LogP contribution in [0.1, 0.15) is 23.2 Å². The Morgan fingerprint density at radius 2 is 2.24 bits per heavy atom. The largest absolute Gasteiger partial charge is 0.335 e. The lowest BCUT2D eigenvalue weighted by atomic mass is 10.2. The number of rotatable bonds is 4. The Labute approximate surface area is 122 Å². The smallest absolute Gasteiger partial charge is 0.255 e. The van der Waals surface area contributed by atoms with Gasteiger partial charge in [-0.05, 0) is 53.6 Å². The van der Waals surface area contributed by atoms with Gasteiger partial charge in [-0.1, -0.05) is 15.9 Å². The van der Waals surface area contributed by atoms with E-state index in [1.165, 1.54) is 12.1 Å². The van der Waals surface area contributed by atoms with Crippen LogP contribution in [0.4, 0.5) is 4.39 Å². The summed E-state index contributed by atoms with van der Waals surface area (Å²) in [6.45, 7) is 0.705. The first-order chi connectivity index (χ1) is 8.13. The van der Waals surface area contributed by atoms with E-state index in [1.54, 1.807) is 6.07 Å². The maximum atomic E-state index is 13.0. The van der Waals surface area contributed by atoms with E-state index in [-0.39, 0.29) is 11.7 Å². The third kappa shape index (κ3) is 3.19. The summed E-state index contributed by atoms with van der Waals surface area (Å²) in [6, 6.07) is 4.69. The number of nitrogens with zero attached hydrogens (tertiary/aromatic N) is 1. The SMILES string of the molecule is O=C(c1ccc(F)cc1I)N(CCBr)C1CC1. The third-order valence-electron chi connectivity index (χ3n) is 2.74. The molecular weight excluding hydrogens is 400 g/mol. The van der Waals surface area contributed by atoms with Crippen LogP contribution in [0.15, 0.2) is 18.2 Å². The van der Waals surface area contributed by atoms with Crippen molar-refractivity contribution in [2.24, 2.45) is 0 Å². The monoisotopic (exact) mass is 411 g/mol. The highest BCUT2D eigenvalue weighted by Gasteiger charge is 2.33. The van der Waals surface area contributed by atoms with Crippen LogP contribution >= 0.6 is 38.5 Å². The average molecular weight is 412 g/mol. The van der Waals surface area contributed by atoms with Gasteiger partial charge in [-0.2, -0.15) is 0 Å². The van der Waals surface area contributed by atoms with Crippen molar-refractivity contribution in [1.82, 2.24) is 4.90 Å². The van der Waals surface area contributed by atoms with Crippen molar-refractivity contribution in [2.75, 3.05) is 11.9 Å². The summed E-state index contributed by atoms with van der Waals surface area (Å²) in [5.41, 5.74) is 0.597. The molecule has 0 unspecified atom stereocenters. The topological polar surface area (TPSA) is 20.3 Å². The van der Waals surface area contributed by atoms with Gasteiger partial charge >= 0.3 is 0 Å². The van der Waals surface area contributed by atoms with Crippen LogP contribution in [-0.4, -0.2) is 28.7 Å². The van der Waals surface area contributed by atoms with Crippen molar-refractivity contribution in [3.05, 3.63) is 33.1 Å². The third-order valence-corrected chi connectivity index (χ3v) is 3.98. The Morgan fingerprint density at radius 3 is 2.76 bits per heavy atom. The standard InChI is InChI=1S/C12H12BrFINO/c13-5-6-16(9-2-3-9)12(17)10-4-1-8(14)7-11(10)15/h1,4,7,9H,2-3,5-6H2. The van der Waals surface area contributed by atoms with E-state index in [2.05, 4.69) is 15.9 Å². The molecule has 2 rings (SSSR count). The van der Waals surface area contributed by atoms with E-state index in [0.29, 0.717) is 21.7 Å². The molecule has 17 heavy (non-hydrogen) atoms. The minimum absolute atomic E-state index is 0.0105. The van der Waals surface area contributed by atoms with Gasteiger partial charge in [0, 0.05) is 21.5 Å². The summed E-state index contributed by atoms with van der Waals surface area (Å²) in [6.07, 6.45) is 2.16. The lowest BCUT2D eigenvalue weighted by Gasteiger charge is -2.22. The van der Waals surface area contributed by atoms with E-state index < -0.39 is 0 Å². The van der Waals surface area contributed by atoms with E-state index in [1.807, 2.05) is 27.5 Å². The lowest BCUT2D eigenvalue weighted by Crippen LogP contribution is -2.35. The summed E-state index contributed by atoms with van der Waals surface area (Å²) in [5, 5.41) is 0.771. The van der Waals surface area contributed by atoms with Crippen molar-refractivity contribution < 1.29 is 9.18 Å². The van der Waals surface area contributed by atoms with Crippen molar-refractivity contribution >= 4 is 44.4 Å². The molecule has 0 spiro atoms. The summed E-state index contributed by atoms with van der Waals surface area (Å²) in [5.74, 6) is -0.291. The van der Waals surface area contributed by atoms with Gasteiger partial charge in [0.05, 0.1) is 5.56 Å². The molecule has 1 saturated carbocycles. The normalized spacial score (nSPS) is 14.8. The summed E-state index contributed by atoms with van der Waals surface area (Å²) < 4.78 is 13.7. The van der Waals surface area contributed by atoms with Gasteiger partial charge in [-0.25, -0.2) is 4.39 Å². The number of hydrogen-bond donors (Lipinski definition) is 0. The summed E-state index contributed by atoms with van der Waals surface area (Å²) in [7, 11) is 0. The molecule has 0 N–H and O–H groups in total. The van der Waals surface area contributed by atoms with Gasteiger partial charge in [0.1, 0.15) is 5.82 Å². The van der Waals surface area contributed by atoms with E-state index in [9.17, 15) is 9.18 Å². The van der Waals surface area contributed by atoms with Crippen molar-refractivity contribution in [1.29, 1.82) is 0 Å². The predicted molar refractivity (Wildman–Crippen MR) is 77.0 cm³/mol. The van der Waals surface area contributed by atoms with Crippen LogP contribution in [0.3, 0.4) is 0 Å². The molecule has 0 saturated heterocycles. The molecule has 1 aromatic rings. The fourth-order valence-corrected chi connectivity index (χ4v) is 2.83. The number of hydrogen-bond acceptors (Lipinski definition) is 1. The lowest BCUT2D eigenvalue weighted by molar-refractivity contribution is 0.0753. The van der Waals surface area contributed by atoms with Gasteiger partial charge in [-0.15, -0.1) is 0 Å². The molecule has 0 atom stereocenters. The number of benzene rings is 1. The van der Waals surface area contributed by atoms with Crippen LogP contribution in [0.2, 0.25) is 0 Å². The Kier molecular flexibility index (Phi) is 4.41. The molecule has 1 fully saturated rings. The molecule has 0 bridgehead atoms. The predicted octanol–water partition coefficient (Wildman–Crippen LogP) is 3.43.